The number of nitrogens with one attached hydrogen (secondary N) is 2. The van der Waals surface area contributed by atoms with Crippen molar-refractivity contribution in [1.29, 1.82) is 0 Å². The summed E-state index contributed by atoms with van der Waals surface area (Å²) >= 11 is 0. The van der Waals surface area contributed by atoms with Crippen LogP contribution in [0, 0.1) is 17.8 Å². The minimum atomic E-state index is -0.249. The van der Waals surface area contributed by atoms with E-state index < -0.39 is 0 Å². The maximum atomic E-state index is 12.7. The van der Waals surface area contributed by atoms with Gasteiger partial charge in [-0.1, -0.05) is 77.6 Å². The van der Waals surface area contributed by atoms with Gasteiger partial charge in [0.25, 0.3) is 0 Å². The molecule has 6 nitrogen and oxygen atoms in total. The molecule has 3 fully saturated rings. The van der Waals surface area contributed by atoms with E-state index in [9.17, 15) is 9.59 Å². The van der Waals surface area contributed by atoms with Crippen molar-refractivity contribution in [1.82, 2.24) is 10.6 Å². The van der Waals surface area contributed by atoms with Crippen molar-refractivity contribution < 1.29 is 19.1 Å². The second-order valence-electron chi connectivity index (χ2n) is 12.6. The van der Waals surface area contributed by atoms with E-state index in [0.29, 0.717) is 11.8 Å². The quantitative estimate of drug-likeness (QED) is 0.333. The first kappa shape index (κ1) is 30.0. The second kappa shape index (κ2) is 14.6. The number of rotatable bonds is 10. The number of carbonyl (C=O) groups excluding carboxylic acids is 2. The van der Waals surface area contributed by atoms with Crippen LogP contribution in [0.2, 0.25) is 0 Å². The van der Waals surface area contributed by atoms with E-state index in [4.69, 9.17) is 9.47 Å². The van der Waals surface area contributed by atoms with Crippen molar-refractivity contribution in [3.8, 4) is 0 Å². The molecule has 6 atom stereocenters. The Hall–Kier alpha value is -1.92. The first-order chi connectivity index (χ1) is 18.9. The maximum Gasteiger partial charge on any atom is 0.309 e. The summed E-state index contributed by atoms with van der Waals surface area (Å²) in [7, 11) is 0. The number of benzene rings is 1. The van der Waals surface area contributed by atoms with Gasteiger partial charge in [0.2, 0.25) is 0 Å². The molecule has 0 bridgehead atoms. The number of esters is 2. The van der Waals surface area contributed by atoms with Gasteiger partial charge in [0.15, 0.2) is 0 Å². The molecule has 1 aromatic carbocycles. The molecular formula is C33H52N2O4. The second-order valence-corrected chi connectivity index (χ2v) is 12.6. The molecule has 2 saturated heterocycles. The summed E-state index contributed by atoms with van der Waals surface area (Å²) in [6.45, 7) is 9.70. The van der Waals surface area contributed by atoms with Crippen molar-refractivity contribution in [3.63, 3.8) is 0 Å². The number of ether oxygens (including phenoxy) is 2. The standard InChI is InChI=1S/C33H52N2O4/c1-5-23(4)33(37)39-31(28-13-9-10-20-34-28)26-16-14-24(15-17-26)27-18-19-29(35-21-27)30(38-32(36)22(2)3)25-11-7-6-8-12-25/h14-17,22-23,25,27-31,34-35H,5-13,18-21H2,1-4H3. The van der Waals surface area contributed by atoms with Gasteiger partial charge in [-0.2, -0.15) is 0 Å². The van der Waals surface area contributed by atoms with Crippen LogP contribution in [0.15, 0.2) is 24.3 Å². The molecule has 2 N–H and O–H groups in total. The summed E-state index contributed by atoms with van der Waals surface area (Å²) < 4.78 is 12.2. The van der Waals surface area contributed by atoms with Crippen LogP contribution in [0.5, 0.6) is 0 Å². The van der Waals surface area contributed by atoms with E-state index in [-0.39, 0.29) is 48.1 Å². The Morgan fingerprint density at radius 2 is 1.54 bits per heavy atom. The fourth-order valence-corrected chi connectivity index (χ4v) is 6.57. The van der Waals surface area contributed by atoms with Crippen LogP contribution in [0.3, 0.4) is 0 Å². The number of piperidine rings is 2. The van der Waals surface area contributed by atoms with E-state index >= 15 is 0 Å². The zero-order chi connectivity index (χ0) is 27.8. The topological polar surface area (TPSA) is 76.7 Å². The van der Waals surface area contributed by atoms with Gasteiger partial charge < -0.3 is 20.1 Å². The van der Waals surface area contributed by atoms with Crippen LogP contribution in [0.1, 0.15) is 121 Å². The molecule has 1 aromatic rings. The summed E-state index contributed by atoms with van der Waals surface area (Å²) in [6.07, 6.45) is 12.1. The molecule has 2 aliphatic heterocycles. The summed E-state index contributed by atoms with van der Waals surface area (Å²) in [5.74, 6) is 0.542. The van der Waals surface area contributed by atoms with Crippen molar-refractivity contribution in [2.24, 2.45) is 17.8 Å². The predicted octanol–water partition coefficient (Wildman–Crippen LogP) is 6.44. The zero-order valence-electron chi connectivity index (χ0n) is 24.8. The summed E-state index contributed by atoms with van der Waals surface area (Å²) in [4.78, 5) is 25.3. The molecule has 6 heteroatoms. The third-order valence-electron chi connectivity index (χ3n) is 9.40. The molecule has 1 aliphatic carbocycles. The van der Waals surface area contributed by atoms with Crippen molar-refractivity contribution >= 4 is 11.9 Å². The Kier molecular flexibility index (Phi) is 11.3. The van der Waals surface area contributed by atoms with E-state index in [0.717, 1.165) is 63.6 Å². The molecule has 0 amide bonds. The molecule has 4 rings (SSSR count). The van der Waals surface area contributed by atoms with E-state index in [1.165, 1.54) is 31.2 Å². The van der Waals surface area contributed by atoms with E-state index in [2.05, 4.69) is 34.9 Å². The molecule has 3 aliphatic rings. The Balaban J connectivity index is 1.40. The van der Waals surface area contributed by atoms with Gasteiger partial charge in [-0.05, 0) is 74.5 Å². The molecule has 1 saturated carbocycles. The number of hydrogen-bond donors (Lipinski definition) is 2. The molecular weight excluding hydrogens is 488 g/mol. The normalized spacial score (nSPS) is 26.9. The van der Waals surface area contributed by atoms with Crippen molar-refractivity contribution in [2.75, 3.05) is 13.1 Å². The summed E-state index contributed by atoms with van der Waals surface area (Å²) in [5, 5.41) is 7.38. The first-order valence-corrected chi connectivity index (χ1v) is 15.8. The predicted molar refractivity (Wildman–Crippen MR) is 155 cm³/mol. The van der Waals surface area contributed by atoms with Crippen molar-refractivity contribution in [3.05, 3.63) is 35.4 Å². The third kappa shape index (κ3) is 8.07. The zero-order valence-corrected chi connectivity index (χ0v) is 24.8. The van der Waals surface area contributed by atoms with Gasteiger partial charge in [0.05, 0.1) is 11.8 Å². The van der Waals surface area contributed by atoms with Crippen LogP contribution >= 0.6 is 0 Å². The first-order valence-electron chi connectivity index (χ1n) is 15.8. The Labute approximate surface area is 236 Å². The minimum Gasteiger partial charge on any atom is -0.460 e. The highest BCUT2D eigenvalue weighted by Gasteiger charge is 2.37. The Bertz CT molecular complexity index is 897. The van der Waals surface area contributed by atoms with Gasteiger partial charge >= 0.3 is 11.9 Å². The van der Waals surface area contributed by atoms with Gasteiger partial charge in [-0.15, -0.1) is 0 Å². The van der Waals surface area contributed by atoms with Crippen LogP contribution in [0.4, 0.5) is 0 Å². The molecule has 6 unspecified atom stereocenters. The molecule has 0 radical (unpaired) electrons. The Morgan fingerprint density at radius 3 is 2.13 bits per heavy atom. The summed E-state index contributed by atoms with van der Waals surface area (Å²) in [6, 6.07) is 9.19. The monoisotopic (exact) mass is 540 g/mol. The lowest BCUT2D eigenvalue weighted by Crippen LogP contribution is -2.50. The molecule has 2 heterocycles. The highest BCUT2D eigenvalue weighted by Crippen LogP contribution is 2.35. The van der Waals surface area contributed by atoms with Gasteiger partial charge in [-0.25, -0.2) is 0 Å². The molecule has 218 valence electrons. The smallest absolute Gasteiger partial charge is 0.309 e. The number of hydrogen-bond acceptors (Lipinski definition) is 6. The lowest BCUT2D eigenvalue weighted by atomic mass is 9.78. The fourth-order valence-electron chi connectivity index (χ4n) is 6.57. The van der Waals surface area contributed by atoms with Gasteiger partial charge in [-0.3, -0.25) is 9.59 Å². The van der Waals surface area contributed by atoms with Crippen LogP contribution in [0.25, 0.3) is 0 Å². The van der Waals surface area contributed by atoms with Gasteiger partial charge in [0.1, 0.15) is 12.2 Å². The van der Waals surface area contributed by atoms with E-state index in [1.807, 2.05) is 27.7 Å². The van der Waals surface area contributed by atoms with Crippen LogP contribution < -0.4 is 10.6 Å². The highest BCUT2D eigenvalue weighted by atomic mass is 16.5. The SMILES string of the molecule is CCC(C)C(=O)OC(c1ccc(C2CCC(C(OC(=O)C(C)C)C3CCCCC3)NC2)cc1)C1CCCCN1. The van der Waals surface area contributed by atoms with Crippen LogP contribution in [-0.2, 0) is 19.1 Å². The van der Waals surface area contributed by atoms with Crippen molar-refractivity contribution in [2.45, 2.75) is 129 Å². The highest BCUT2D eigenvalue weighted by molar-refractivity contribution is 5.72. The summed E-state index contributed by atoms with van der Waals surface area (Å²) in [5.41, 5.74) is 2.40. The maximum absolute atomic E-state index is 12.7. The number of carbonyl (C=O) groups is 2. The average Bonchev–Trinajstić information content (AvgIpc) is 2.99. The minimum absolute atomic E-state index is 0.0209. The average molecular weight is 541 g/mol. The van der Waals surface area contributed by atoms with Gasteiger partial charge in [0, 0.05) is 18.6 Å². The third-order valence-corrected chi connectivity index (χ3v) is 9.40. The Morgan fingerprint density at radius 1 is 0.821 bits per heavy atom. The lowest BCUT2D eigenvalue weighted by Gasteiger charge is -2.40. The van der Waals surface area contributed by atoms with Crippen LogP contribution in [-0.4, -0.2) is 43.2 Å². The lowest BCUT2D eigenvalue weighted by molar-refractivity contribution is -0.159. The van der Waals surface area contributed by atoms with E-state index in [1.54, 1.807) is 0 Å². The molecule has 0 aromatic heterocycles. The largest absolute Gasteiger partial charge is 0.460 e. The molecule has 39 heavy (non-hydrogen) atoms. The molecule has 0 spiro atoms. The fraction of sp³-hybridized carbons (Fsp3) is 0.758.